The molecule has 4 nitrogen and oxygen atoms in total. The summed E-state index contributed by atoms with van der Waals surface area (Å²) in [6.07, 6.45) is 0. The average Bonchev–Trinajstić information content (AvgIpc) is 3.03. The van der Waals surface area contributed by atoms with Crippen molar-refractivity contribution in [3.63, 3.8) is 0 Å². The van der Waals surface area contributed by atoms with E-state index in [1.54, 1.807) is 0 Å². The van der Waals surface area contributed by atoms with Crippen molar-refractivity contribution in [2.75, 3.05) is 23.7 Å². The smallest absolute Gasteiger partial charge is 0.196 e. The highest BCUT2D eigenvalue weighted by Gasteiger charge is 2.12. The normalized spacial score (nSPS) is 13.5. The van der Waals surface area contributed by atoms with E-state index < -0.39 is 0 Å². The summed E-state index contributed by atoms with van der Waals surface area (Å²) in [5, 5.41) is 10.7. The van der Waals surface area contributed by atoms with Crippen LogP contribution in [0.15, 0.2) is 47.5 Å². The third-order valence-corrected chi connectivity index (χ3v) is 3.90. The van der Waals surface area contributed by atoms with Gasteiger partial charge >= 0.3 is 0 Å². The number of benzene rings is 2. The maximum absolute atomic E-state index is 6.33. The fourth-order valence-corrected chi connectivity index (χ4v) is 2.78. The Morgan fingerprint density at radius 2 is 1.82 bits per heavy atom. The van der Waals surface area contributed by atoms with Gasteiger partial charge < -0.3 is 16.0 Å². The summed E-state index contributed by atoms with van der Waals surface area (Å²) < 4.78 is 0. The van der Waals surface area contributed by atoms with Crippen LogP contribution < -0.4 is 16.0 Å². The van der Waals surface area contributed by atoms with Crippen LogP contribution in [0.3, 0.4) is 0 Å². The van der Waals surface area contributed by atoms with Gasteiger partial charge in [-0.25, -0.2) is 0 Å². The lowest BCUT2D eigenvalue weighted by Gasteiger charge is -2.13. The Labute approximate surface area is 139 Å². The highest BCUT2D eigenvalue weighted by Crippen LogP contribution is 2.34. The SMILES string of the molecule is Clc1cc(NCc2ccccc2)cc(Cl)c1NC1=NCCN1. The summed E-state index contributed by atoms with van der Waals surface area (Å²) in [5.41, 5.74) is 2.74. The van der Waals surface area contributed by atoms with E-state index in [1.165, 1.54) is 5.56 Å². The first-order valence-electron chi connectivity index (χ1n) is 7.04. The van der Waals surface area contributed by atoms with Crippen LogP contribution in [-0.2, 0) is 6.54 Å². The maximum atomic E-state index is 6.33. The summed E-state index contributed by atoms with van der Waals surface area (Å²) in [4.78, 5) is 4.27. The lowest BCUT2D eigenvalue weighted by molar-refractivity contribution is 0.959. The monoisotopic (exact) mass is 334 g/mol. The molecule has 114 valence electrons. The third-order valence-electron chi connectivity index (χ3n) is 3.30. The first kappa shape index (κ1) is 15.0. The van der Waals surface area contributed by atoms with Crippen molar-refractivity contribution in [1.82, 2.24) is 5.32 Å². The van der Waals surface area contributed by atoms with E-state index in [9.17, 15) is 0 Å². The molecule has 3 rings (SSSR count). The summed E-state index contributed by atoms with van der Waals surface area (Å²) in [6, 6.07) is 13.9. The molecule has 0 radical (unpaired) electrons. The third kappa shape index (κ3) is 3.64. The summed E-state index contributed by atoms with van der Waals surface area (Å²) in [7, 11) is 0. The molecule has 1 aliphatic heterocycles. The van der Waals surface area contributed by atoms with E-state index in [2.05, 4.69) is 33.1 Å². The van der Waals surface area contributed by atoms with Gasteiger partial charge in [0.1, 0.15) is 0 Å². The number of nitrogens with one attached hydrogen (secondary N) is 3. The van der Waals surface area contributed by atoms with Gasteiger partial charge in [0.15, 0.2) is 5.96 Å². The molecule has 1 aliphatic rings. The lowest BCUT2D eigenvalue weighted by Crippen LogP contribution is -2.26. The average molecular weight is 335 g/mol. The predicted octanol–water partition coefficient (Wildman–Crippen LogP) is 3.98. The molecule has 0 aliphatic carbocycles. The van der Waals surface area contributed by atoms with E-state index in [-0.39, 0.29) is 0 Å². The van der Waals surface area contributed by atoms with Crippen molar-refractivity contribution in [2.45, 2.75) is 6.54 Å². The largest absolute Gasteiger partial charge is 0.381 e. The summed E-state index contributed by atoms with van der Waals surface area (Å²) in [5.74, 6) is 0.703. The Morgan fingerprint density at radius 1 is 1.09 bits per heavy atom. The molecule has 0 unspecified atom stereocenters. The van der Waals surface area contributed by atoms with Crippen LogP contribution in [0, 0.1) is 0 Å². The van der Waals surface area contributed by atoms with Gasteiger partial charge in [0.2, 0.25) is 0 Å². The van der Waals surface area contributed by atoms with Gasteiger partial charge in [0.25, 0.3) is 0 Å². The van der Waals surface area contributed by atoms with E-state index in [0.29, 0.717) is 28.2 Å². The zero-order chi connectivity index (χ0) is 15.4. The van der Waals surface area contributed by atoms with Gasteiger partial charge in [-0.2, -0.15) is 0 Å². The number of aliphatic imine (C=N–C) groups is 1. The quantitative estimate of drug-likeness (QED) is 0.792. The standard InChI is InChI=1S/C16H16Cl2N4/c17-13-8-12(21-10-11-4-2-1-3-5-11)9-14(18)15(13)22-16-19-6-7-20-16/h1-5,8-9,21H,6-7,10H2,(H2,19,20,22). The van der Waals surface area contributed by atoms with Gasteiger partial charge in [0, 0.05) is 18.8 Å². The Balaban J connectivity index is 1.71. The zero-order valence-corrected chi connectivity index (χ0v) is 13.4. The van der Waals surface area contributed by atoms with Gasteiger partial charge in [-0.15, -0.1) is 0 Å². The van der Waals surface area contributed by atoms with Crippen LogP contribution in [0.25, 0.3) is 0 Å². The molecule has 0 atom stereocenters. The van der Waals surface area contributed by atoms with Crippen LogP contribution in [0.1, 0.15) is 5.56 Å². The Kier molecular flexibility index (Phi) is 4.71. The molecule has 0 spiro atoms. The Bertz CT molecular complexity index is 663. The molecule has 6 heteroatoms. The second-order valence-corrected chi connectivity index (χ2v) is 5.75. The number of halogens is 2. The molecule has 0 aromatic heterocycles. The van der Waals surface area contributed by atoms with E-state index in [0.717, 1.165) is 18.8 Å². The molecule has 0 saturated heterocycles. The summed E-state index contributed by atoms with van der Waals surface area (Å²) in [6.45, 7) is 2.30. The lowest BCUT2D eigenvalue weighted by atomic mass is 10.2. The minimum absolute atomic E-state index is 0.555. The fourth-order valence-electron chi connectivity index (χ4n) is 2.19. The molecule has 0 bridgehead atoms. The molecule has 2 aromatic rings. The van der Waals surface area contributed by atoms with Crippen LogP contribution in [0.4, 0.5) is 11.4 Å². The Morgan fingerprint density at radius 3 is 2.45 bits per heavy atom. The van der Waals surface area contributed by atoms with Crippen molar-refractivity contribution in [3.05, 3.63) is 58.1 Å². The summed E-state index contributed by atoms with van der Waals surface area (Å²) >= 11 is 12.7. The van der Waals surface area contributed by atoms with Crippen LogP contribution >= 0.6 is 23.2 Å². The highest BCUT2D eigenvalue weighted by atomic mass is 35.5. The molecule has 3 N–H and O–H groups in total. The van der Waals surface area contributed by atoms with E-state index in [1.807, 2.05) is 30.3 Å². The number of nitrogens with zero attached hydrogens (tertiary/aromatic N) is 1. The number of hydrogen-bond acceptors (Lipinski definition) is 4. The minimum Gasteiger partial charge on any atom is -0.381 e. The second-order valence-electron chi connectivity index (χ2n) is 4.94. The highest BCUT2D eigenvalue weighted by molar-refractivity contribution is 6.40. The first-order valence-corrected chi connectivity index (χ1v) is 7.80. The van der Waals surface area contributed by atoms with Crippen molar-refractivity contribution in [1.29, 1.82) is 0 Å². The van der Waals surface area contributed by atoms with Crippen molar-refractivity contribution >= 4 is 40.5 Å². The predicted molar refractivity (Wildman–Crippen MR) is 94.2 cm³/mol. The molecular weight excluding hydrogens is 319 g/mol. The fraction of sp³-hybridized carbons (Fsp3) is 0.188. The minimum atomic E-state index is 0.555. The van der Waals surface area contributed by atoms with Crippen LogP contribution in [0.2, 0.25) is 10.0 Å². The number of hydrogen-bond donors (Lipinski definition) is 3. The molecule has 0 saturated carbocycles. The second kappa shape index (κ2) is 6.90. The van der Waals surface area contributed by atoms with Crippen molar-refractivity contribution in [2.24, 2.45) is 4.99 Å². The van der Waals surface area contributed by atoms with Crippen molar-refractivity contribution < 1.29 is 0 Å². The van der Waals surface area contributed by atoms with Crippen molar-refractivity contribution in [3.8, 4) is 0 Å². The molecule has 2 aromatic carbocycles. The maximum Gasteiger partial charge on any atom is 0.196 e. The van der Waals surface area contributed by atoms with Gasteiger partial charge in [-0.05, 0) is 17.7 Å². The molecule has 1 heterocycles. The molecule has 0 fully saturated rings. The van der Waals surface area contributed by atoms with Gasteiger partial charge in [-0.1, -0.05) is 53.5 Å². The van der Waals surface area contributed by atoms with E-state index >= 15 is 0 Å². The van der Waals surface area contributed by atoms with E-state index in [4.69, 9.17) is 23.2 Å². The zero-order valence-electron chi connectivity index (χ0n) is 11.9. The number of rotatable bonds is 4. The van der Waals surface area contributed by atoms with Crippen LogP contribution in [-0.4, -0.2) is 19.0 Å². The Hall–Kier alpha value is -1.91. The van der Waals surface area contributed by atoms with Gasteiger partial charge in [0.05, 0.1) is 22.3 Å². The molecule has 0 amide bonds. The molecule has 22 heavy (non-hydrogen) atoms. The van der Waals surface area contributed by atoms with Gasteiger partial charge in [-0.3, -0.25) is 4.99 Å². The molecular formula is C16H16Cl2N4. The number of anilines is 2. The number of guanidine groups is 1. The first-order chi connectivity index (χ1) is 10.7. The topological polar surface area (TPSA) is 48.5 Å². The van der Waals surface area contributed by atoms with Crippen LogP contribution in [0.5, 0.6) is 0 Å².